The van der Waals surface area contributed by atoms with Crippen molar-refractivity contribution < 1.29 is 0 Å². The molecule has 0 N–H and O–H groups in total. The van der Waals surface area contributed by atoms with Crippen LogP contribution in [0.4, 0.5) is 0 Å². The standard InChI is InChI=1S/C8H8/c1-7-5-3-4-6-8(7)2/h3-6H,1-2H2. The Morgan fingerprint density at radius 2 is 1.25 bits per heavy atom. The highest BCUT2D eigenvalue weighted by molar-refractivity contribution is 5.30. The van der Waals surface area contributed by atoms with Crippen LogP contribution in [0, 0.1) is 13.8 Å². The quantitative estimate of drug-likeness (QED) is 0.472. The Labute approximate surface area is 50.2 Å². The van der Waals surface area contributed by atoms with Crippen molar-refractivity contribution in [1.29, 1.82) is 0 Å². The lowest BCUT2D eigenvalue weighted by atomic mass is 10.1. The van der Waals surface area contributed by atoms with Crippen molar-refractivity contribution >= 4 is 0 Å². The van der Waals surface area contributed by atoms with Crippen molar-refractivity contribution in [3.63, 3.8) is 0 Å². The minimum atomic E-state index is 1.01. The second kappa shape index (κ2) is 1.99. The van der Waals surface area contributed by atoms with Crippen LogP contribution in [0.3, 0.4) is 0 Å². The van der Waals surface area contributed by atoms with Gasteiger partial charge in [0.2, 0.25) is 0 Å². The molecule has 1 rings (SSSR count). The van der Waals surface area contributed by atoms with Crippen molar-refractivity contribution in [2.45, 2.75) is 0 Å². The first-order valence-electron chi connectivity index (χ1n) is 2.53. The van der Waals surface area contributed by atoms with Crippen molar-refractivity contribution in [3.8, 4) is 0 Å². The monoisotopic (exact) mass is 104 g/mol. The SMILES string of the molecule is [CH2]c1ccccc1[CH2]. The summed E-state index contributed by atoms with van der Waals surface area (Å²) in [7, 11) is 0. The molecule has 0 heterocycles. The van der Waals surface area contributed by atoms with Gasteiger partial charge in [0, 0.05) is 0 Å². The van der Waals surface area contributed by atoms with E-state index in [1.165, 1.54) is 0 Å². The van der Waals surface area contributed by atoms with Gasteiger partial charge >= 0.3 is 0 Å². The van der Waals surface area contributed by atoms with Crippen LogP contribution in [0.1, 0.15) is 11.1 Å². The molecule has 0 fully saturated rings. The summed E-state index contributed by atoms with van der Waals surface area (Å²) in [4.78, 5) is 0. The fraction of sp³-hybridized carbons (Fsp3) is 0. The first-order valence-corrected chi connectivity index (χ1v) is 2.53. The van der Waals surface area contributed by atoms with E-state index >= 15 is 0 Å². The van der Waals surface area contributed by atoms with E-state index in [1.54, 1.807) is 0 Å². The summed E-state index contributed by atoms with van der Waals surface area (Å²) in [5.41, 5.74) is 2.01. The molecule has 2 radical (unpaired) electrons. The average molecular weight is 104 g/mol. The van der Waals surface area contributed by atoms with Crippen LogP contribution in [-0.2, 0) is 0 Å². The van der Waals surface area contributed by atoms with Crippen LogP contribution >= 0.6 is 0 Å². The lowest BCUT2D eigenvalue weighted by Crippen LogP contribution is -1.74. The maximum Gasteiger partial charge on any atom is -0.0235 e. The van der Waals surface area contributed by atoms with Gasteiger partial charge in [-0.05, 0) is 25.0 Å². The Balaban J connectivity index is 3.13. The summed E-state index contributed by atoms with van der Waals surface area (Å²) in [6, 6.07) is 7.80. The van der Waals surface area contributed by atoms with E-state index in [-0.39, 0.29) is 0 Å². The molecule has 0 amide bonds. The minimum absolute atomic E-state index is 1.01. The molecule has 0 saturated carbocycles. The molecule has 0 aliphatic rings. The van der Waals surface area contributed by atoms with E-state index in [1.807, 2.05) is 24.3 Å². The van der Waals surface area contributed by atoms with Crippen molar-refractivity contribution in [2.75, 3.05) is 0 Å². The van der Waals surface area contributed by atoms with Crippen LogP contribution < -0.4 is 0 Å². The van der Waals surface area contributed by atoms with Gasteiger partial charge in [0.15, 0.2) is 0 Å². The molecule has 0 saturated heterocycles. The Hall–Kier alpha value is -0.780. The molecular formula is C8H8. The third-order valence-corrected chi connectivity index (χ3v) is 1.12. The third kappa shape index (κ3) is 0.890. The largest absolute Gasteiger partial charge is 0.0620 e. The molecule has 0 aliphatic carbocycles. The lowest BCUT2D eigenvalue weighted by Gasteiger charge is -1.93. The van der Waals surface area contributed by atoms with Gasteiger partial charge in [0.25, 0.3) is 0 Å². The normalized spacial score (nSPS) is 9.25. The molecule has 0 atom stereocenters. The van der Waals surface area contributed by atoms with E-state index in [2.05, 4.69) is 13.8 Å². The number of hydrogen-bond donors (Lipinski definition) is 0. The van der Waals surface area contributed by atoms with Crippen molar-refractivity contribution in [2.24, 2.45) is 0 Å². The molecule has 0 spiro atoms. The molecule has 0 aromatic heterocycles. The van der Waals surface area contributed by atoms with E-state index in [0.717, 1.165) is 11.1 Å². The van der Waals surface area contributed by atoms with Crippen LogP contribution in [0.15, 0.2) is 24.3 Å². The maximum absolute atomic E-state index is 3.76. The second-order valence-corrected chi connectivity index (χ2v) is 1.77. The fourth-order valence-corrected chi connectivity index (χ4v) is 0.557. The maximum atomic E-state index is 3.76. The number of benzene rings is 1. The summed E-state index contributed by atoms with van der Waals surface area (Å²) in [6.45, 7) is 7.52. The third-order valence-electron chi connectivity index (χ3n) is 1.12. The summed E-state index contributed by atoms with van der Waals surface area (Å²) >= 11 is 0. The summed E-state index contributed by atoms with van der Waals surface area (Å²) in [5.74, 6) is 0. The van der Waals surface area contributed by atoms with Crippen molar-refractivity contribution in [3.05, 3.63) is 49.2 Å². The average Bonchev–Trinajstić information content (AvgIpc) is 1.77. The predicted octanol–water partition coefficient (Wildman–Crippen LogP) is 2.05. The van der Waals surface area contributed by atoms with Gasteiger partial charge in [-0.15, -0.1) is 0 Å². The number of hydrogen-bond acceptors (Lipinski definition) is 0. The van der Waals surface area contributed by atoms with Crippen molar-refractivity contribution in [1.82, 2.24) is 0 Å². The smallest absolute Gasteiger partial charge is 0.0235 e. The summed E-state index contributed by atoms with van der Waals surface area (Å²) in [5, 5.41) is 0. The van der Waals surface area contributed by atoms with E-state index in [0.29, 0.717) is 0 Å². The molecule has 8 heavy (non-hydrogen) atoms. The predicted molar refractivity (Wildman–Crippen MR) is 35.4 cm³/mol. The molecule has 0 nitrogen and oxygen atoms in total. The highest BCUT2D eigenvalue weighted by Crippen LogP contribution is 2.02. The molecule has 0 aliphatic heterocycles. The highest BCUT2D eigenvalue weighted by atomic mass is 13.9. The molecule has 0 heteroatoms. The minimum Gasteiger partial charge on any atom is -0.0620 e. The Morgan fingerprint density at radius 1 is 0.875 bits per heavy atom. The molecule has 0 unspecified atom stereocenters. The number of rotatable bonds is 0. The Kier molecular flexibility index (Phi) is 1.34. The van der Waals surface area contributed by atoms with E-state index in [4.69, 9.17) is 0 Å². The van der Waals surface area contributed by atoms with Gasteiger partial charge in [-0.2, -0.15) is 0 Å². The van der Waals surface area contributed by atoms with Gasteiger partial charge in [-0.3, -0.25) is 0 Å². The summed E-state index contributed by atoms with van der Waals surface area (Å²) in [6.07, 6.45) is 0. The first kappa shape index (κ1) is 5.36. The van der Waals surface area contributed by atoms with Crippen LogP contribution in [0.5, 0.6) is 0 Å². The molecule has 1 aromatic rings. The van der Waals surface area contributed by atoms with Crippen LogP contribution in [0.25, 0.3) is 0 Å². The van der Waals surface area contributed by atoms with Crippen LogP contribution in [0.2, 0.25) is 0 Å². The van der Waals surface area contributed by atoms with Gasteiger partial charge in [0.1, 0.15) is 0 Å². The zero-order chi connectivity index (χ0) is 5.98. The van der Waals surface area contributed by atoms with Gasteiger partial charge in [-0.1, -0.05) is 24.3 Å². The van der Waals surface area contributed by atoms with E-state index in [9.17, 15) is 0 Å². The topological polar surface area (TPSA) is 0 Å². The molecule has 1 aromatic carbocycles. The molecular weight excluding hydrogens is 96.1 g/mol. The molecule has 40 valence electrons. The second-order valence-electron chi connectivity index (χ2n) is 1.77. The first-order chi connectivity index (χ1) is 3.80. The fourth-order valence-electron chi connectivity index (χ4n) is 0.557. The highest BCUT2D eigenvalue weighted by Gasteiger charge is 1.84. The van der Waals surface area contributed by atoms with E-state index < -0.39 is 0 Å². The van der Waals surface area contributed by atoms with Gasteiger partial charge in [-0.25, -0.2) is 0 Å². The zero-order valence-corrected chi connectivity index (χ0v) is 4.72. The summed E-state index contributed by atoms with van der Waals surface area (Å²) < 4.78 is 0. The Morgan fingerprint density at radius 3 is 1.50 bits per heavy atom. The van der Waals surface area contributed by atoms with Gasteiger partial charge < -0.3 is 0 Å². The zero-order valence-electron chi connectivity index (χ0n) is 4.72. The lowest BCUT2D eigenvalue weighted by molar-refractivity contribution is 1.53. The van der Waals surface area contributed by atoms with Crippen LogP contribution in [-0.4, -0.2) is 0 Å². The molecule has 0 bridgehead atoms. The van der Waals surface area contributed by atoms with Gasteiger partial charge in [0.05, 0.1) is 0 Å². The Bertz CT molecular complexity index is 156.